The maximum Gasteiger partial charge on any atom is 0.324 e. The molecule has 0 spiro atoms. The maximum atomic E-state index is 12.8. The third kappa shape index (κ3) is 2.69. The number of hydrogen-bond acceptors (Lipinski definition) is 4. The Bertz CT molecular complexity index is 1070. The normalized spacial score (nSPS) is 17.5. The van der Waals surface area contributed by atoms with Gasteiger partial charge in [-0.25, -0.2) is 4.79 Å². The molecule has 8 nitrogen and oxygen atoms in total. The summed E-state index contributed by atoms with van der Waals surface area (Å²) in [5.74, 6) is 0.0192. The average molecular weight is 376 g/mol. The van der Waals surface area contributed by atoms with Crippen molar-refractivity contribution in [3.8, 4) is 0 Å². The second kappa shape index (κ2) is 6.33. The van der Waals surface area contributed by atoms with Gasteiger partial charge in [0.05, 0.1) is 23.4 Å². The molecule has 2 saturated heterocycles. The molecule has 2 aromatic heterocycles. The molecule has 2 fully saturated rings. The Morgan fingerprint density at radius 1 is 1.18 bits per heavy atom. The van der Waals surface area contributed by atoms with Crippen LogP contribution in [0.4, 0.5) is 10.5 Å². The van der Waals surface area contributed by atoms with E-state index < -0.39 is 0 Å². The summed E-state index contributed by atoms with van der Waals surface area (Å²) in [6.07, 6.45) is 5.36. The SMILES string of the molecule is CN1CCN(c2cnn(C3CN(C(=O)c4ccc5ncccc5c4)C3)c2)C1=O. The number of rotatable bonds is 3. The molecule has 0 radical (unpaired) electrons. The minimum atomic E-state index is -0.00393. The number of amides is 3. The zero-order valence-electron chi connectivity index (χ0n) is 15.5. The molecule has 0 aliphatic carbocycles. The van der Waals surface area contributed by atoms with Gasteiger partial charge in [-0.1, -0.05) is 6.07 Å². The van der Waals surface area contributed by atoms with Gasteiger partial charge in [0.25, 0.3) is 5.91 Å². The predicted octanol–water partition coefficient (Wildman–Crippen LogP) is 2.00. The van der Waals surface area contributed by atoms with Gasteiger partial charge in [-0.15, -0.1) is 0 Å². The van der Waals surface area contributed by atoms with Crippen molar-refractivity contribution in [3.63, 3.8) is 0 Å². The standard InChI is InChI=1S/C20H20N6O2/c1-23-7-8-25(20(23)28)16-10-22-26(13-16)17-11-24(12-17)19(27)15-4-5-18-14(9-15)3-2-6-21-18/h2-6,9-10,13,17H,7-8,11-12H2,1H3. The van der Waals surface area contributed by atoms with Crippen LogP contribution in [0.2, 0.25) is 0 Å². The summed E-state index contributed by atoms with van der Waals surface area (Å²) in [7, 11) is 1.80. The van der Waals surface area contributed by atoms with Crippen molar-refractivity contribution in [2.45, 2.75) is 6.04 Å². The van der Waals surface area contributed by atoms with Gasteiger partial charge in [0.1, 0.15) is 0 Å². The van der Waals surface area contributed by atoms with Crippen LogP contribution in [0.25, 0.3) is 10.9 Å². The third-order valence-corrected chi connectivity index (χ3v) is 5.49. The van der Waals surface area contributed by atoms with Crippen LogP contribution in [0, 0.1) is 0 Å². The second-order valence-corrected chi connectivity index (χ2v) is 7.31. The van der Waals surface area contributed by atoms with Gasteiger partial charge in [-0.2, -0.15) is 5.10 Å². The summed E-state index contributed by atoms with van der Waals surface area (Å²) in [6, 6.07) is 9.55. The lowest BCUT2D eigenvalue weighted by molar-refractivity contribution is 0.0502. The molecule has 0 unspecified atom stereocenters. The van der Waals surface area contributed by atoms with E-state index >= 15 is 0 Å². The number of carbonyl (C=O) groups excluding carboxylic acids is 2. The highest BCUT2D eigenvalue weighted by atomic mass is 16.2. The molecule has 0 saturated carbocycles. The van der Waals surface area contributed by atoms with Crippen LogP contribution in [0.5, 0.6) is 0 Å². The number of nitrogens with zero attached hydrogens (tertiary/aromatic N) is 6. The van der Waals surface area contributed by atoms with Gasteiger partial charge < -0.3 is 9.80 Å². The number of hydrogen-bond donors (Lipinski definition) is 0. The van der Waals surface area contributed by atoms with E-state index in [-0.39, 0.29) is 18.0 Å². The first-order chi connectivity index (χ1) is 13.6. The predicted molar refractivity (Wildman–Crippen MR) is 104 cm³/mol. The number of benzene rings is 1. The first-order valence-electron chi connectivity index (χ1n) is 9.31. The molecular formula is C20H20N6O2. The number of pyridine rings is 1. The van der Waals surface area contributed by atoms with Gasteiger partial charge >= 0.3 is 6.03 Å². The summed E-state index contributed by atoms with van der Waals surface area (Å²) < 4.78 is 1.86. The highest BCUT2D eigenvalue weighted by Gasteiger charge is 2.34. The average Bonchev–Trinajstić information content (AvgIpc) is 3.27. The number of fused-ring (bicyclic) bond motifs is 1. The first kappa shape index (κ1) is 16.7. The number of anilines is 1. The fourth-order valence-electron chi connectivity index (χ4n) is 3.73. The topological polar surface area (TPSA) is 74.6 Å². The largest absolute Gasteiger partial charge is 0.334 e. The lowest BCUT2D eigenvalue weighted by Gasteiger charge is -2.39. The third-order valence-electron chi connectivity index (χ3n) is 5.49. The van der Waals surface area contributed by atoms with Gasteiger partial charge in [-0.3, -0.25) is 19.4 Å². The van der Waals surface area contributed by atoms with Crippen LogP contribution in [-0.2, 0) is 0 Å². The fraction of sp³-hybridized carbons (Fsp3) is 0.300. The minimum Gasteiger partial charge on any atom is -0.334 e. The molecule has 3 aromatic rings. The quantitative estimate of drug-likeness (QED) is 0.701. The van der Waals surface area contributed by atoms with Crippen molar-refractivity contribution < 1.29 is 9.59 Å². The minimum absolute atomic E-state index is 0.00393. The molecular weight excluding hydrogens is 356 g/mol. The second-order valence-electron chi connectivity index (χ2n) is 7.31. The lowest BCUT2D eigenvalue weighted by atomic mass is 10.1. The van der Waals surface area contributed by atoms with Gasteiger partial charge in [0, 0.05) is 56.6 Å². The van der Waals surface area contributed by atoms with Crippen LogP contribution in [0.15, 0.2) is 48.9 Å². The summed E-state index contributed by atoms with van der Waals surface area (Å²) in [6.45, 7) is 2.61. The molecule has 0 bridgehead atoms. The smallest absolute Gasteiger partial charge is 0.324 e. The Kier molecular flexibility index (Phi) is 3.78. The lowest BCUT2D eigenvalue weighted by Crippen LogP contribution is -2.50. The number of carbonyl (C=O) groups is 2. The first-order valence-corrected chi connectivity index (χ1v) is 9.31. The molecule has 2 aliphatic rings. The summed E-state index contributed by atoms with van der Waals surface area (Å²) >= 11 is 0. The van der Waals surface area contributed by atoms with Crippen LogP contribution in [0.3, 0.4) is 0 Å². The van der Waals surface area contributed by atoms with Crippen molar-refractivity contribution in [1.82, 2.24) is 24.6 Å². The molecule has 1 aromatic carbocycles. The van der Waals surface area contributed by atoms with Crippen molar-refractivity contribution in [2.24, 2.45) is 0 Å². The maximum absolute atomic E-state index is 12.8. The highest BCUT2D eigenvalue weighted by Crippen LogP contribution is 2.26. The summed E-state index contributed by atoms with van der Waals surface area (Å²) in [5.41, 5.74) is 2.36. The van der Waals surface area contributed by atoms with E-state index in [0.29, 0.717) is 25.2 Å². The van der Waals surface area contributed by atoms with Gasteiger partial charge in [0.2, 0.25) is 0 Å². The molecule has 28 heavy (non-hydrogen) atoms. The van der Waals surface area contributed by atoms with E-state index in [9.17, 15) is 9.59 Å². The summed E-state index contributed by atoms with van der Waals surface area (Å²) in [4.78, 5) is 34.4. The van der Waals surface area contributed by atoms with E-state index in [1.807, 2.05) is 46.1 Å². The van der Waals surface area contributed by atoms with Crippen molar-refractivity contribution in [2.75, 3.05) is 38.1 Å². The van der Waals surface area contributed by atoms with Crippen molar-refractivity contribution >= 4 is 28.5 Å². The Balaban J connectivity index is 1.26. The Morgan fingerprint density at radius 3 is 2.82 bits per heavy atom. The Labute approximate surface area is 162 Å². The molecule has 0 atom stereocenters. The monoisotopic (exact) mass is 376 g/mol. The van der Waals surface area contributed by atoms with Crippen LogP contribution in [0.1, 0.15) is 16.4 Å². The number of likely N-dealkylation sites (tertiary alicyclic amines) is 1. The van der Waals surface area contributed by atoms with E-state index in [4.69, 9.17) is 0 Å². The zero-order chi connectivity index (χ0) is 19.3. The fourth-order valence-corrected chi connectivity index (χ4v) is 3.73. The number of aromatic nitrogens is 3. The molecule has 5 rings (SSSR count). The van der Waals surface area contributed by atoms with Crippen LogP contribution in [-0.4, -0.2) is 69.7 Å². The molecule has 8 heteroatoms. The van der Waals surface area contributed by atoms with Crippen molar-refractivity contribution in [1.29, 1.82) is 0 Å². The van der Waals surface area contributed by atoms with Gasteiger partial charge in [-0.05, 0) is 24.3 Å². The zero-order valence-corrected chi connectivity index (χ0v) is 15.5. The highest BCUT2D eigenvalue weighted by molar-refractivity contribution is 5.98. The number of urea groups is 1. The van der Waals surface area contributed by atoms with E-state index in [1.165, 1.54) is 0 Å². The van der Waals surface area contributed by atoms with Crippen LogP contribution >= 0.6 is 0 Å². The summed E-state index contributed by atoms with van der Waals surface area (Å²) in [5, 5.41) is 5.37. The Morgan fingerprint density at radius 2 is 2.04 bits per heavy atom. The number of likely N-dealkylation sites (N-methyl/N-ethyl adjacent to an activating group) is 1. The van der Waals surface area contributed by atoms with E-state index in [1.54, 1.807) is 29.2 Å². The molecule has 142 valence electrons. The Hall–Kier alpha value is -3.42. The molecule has 0 N–H and O–H groups in total. The van der Waals surface area contributed by atoms with Gasteiger partial charge in [0.15, 0.2) is 0 Å². The molecule has 4 heterocycles. The van der Waals surface area contributed by atoms with Crippen molar-refractivity contribution in [3.05, 3.63) is 54.5 Å². The van der Waals surface area contributed by atoms with E-state index in [0.717, 1.165) is 23.1 Å². The molecule has 2 aliphatic heterocycles. The van der Waals surface area contributed by atoms with E-state index in [2.05, 4.69) is 10.1 Å². The molecule has 3 amide bonds. The van der Waals surface area contributed by atoms with Crippen LogP contribution < -0.4 is 4.90 Å².